The zero-order chi connectivity index (χ0) is 13.2. The molecule has 0 bridgehead atoms. The van der Waals surface area contributed by atoms with E-state index in [1.807, 2.05) is 6.07 Å². The van der Waals surface area contributed by atoms with Crippen LogP contribution in [0.2, 0.25) is 0 Å². The van der Waals surface area contributed by atoms with Crippen LogP contribution in [0.15, 0.2) is 18.2 Å². The van der Waals surface area contributed by atoms with E-state index in [9.17, 15) is 4.39 Å². The first kappa shape index (κ1) is 13.0. The second-order valence-corrected chi connectivity index (χ2v) is 5.86. The molecule has 1 atom stereocenters. The van der Waals surface area contributed by atoms with E-state index in [1.165, 1.54) is 38.3 Å². The highest BCUT2D eigenvalue weighted by Gasteiger charge is 2.36. The van der Waals surface area contributed by atoms with Gasteiger partial charge in [0.15, 0.2) is 6.04 Å². The van der Waals surface area contributed by atoms with Gasteiger partial charge in [-0.15, -0.1) is 0 Å². The largest absolute Gasteiger partial charge is 0.337 e. The number of hydrogen-bond acceptors (Lipinski definition) is 0. The van der Waals surface area contributed by atoms with Gasteiger partial charge in [0.05, 0.1) is 12.1 Å². The average Bonchev–Trinajstić information content (AvgIpc) is 2.47. The third-order valence-corrected chi connectivity index (χ3v) is 4.85. The third kappa shape index (κ3) is 2.53. The van der Waals surface area contributed by atoms with E-state index in [1.54, 1.807) is 15.9 Å². The van der Waals surface area contributed by atoms with Crippen molar-refractivity contribution in [2.24, 2.45) is 0 Å². The van der Waals surface area contributed by atoms with Crippen molar-refractivity contribution in [3.05, 3.63) is 35.1 Å². The Bertz CT molecular complexity index is 441. The molecule has 0 saturated carbocycles. The number of nitrogens with one attached hydrogen (secondary N) is 2. The second kappa shape index (κ2) is 5.57. The Kier molecular flexibility index (Phi) is 3.82. The molecule has 0 aromatic heterocycles. The first-order chi connectivity index (χ1) is 9.29. The SMILES string of the molecule is CC[NH+]1CC[NH+]([C@@H]2C[NH2+]Cc3cccc(F)c32)CC1. The van der Waals surface area contributed by atoms with Crippen LogP contribution in [0.5, 0.6) is 0 Å². The molecule has 0 aliphatic carbocycles. The highest BCUT2D eigenvalue weighted by atomic mass is 19.1. The summed E-state index contributed by atoms with van der Waals surface area (Å²) in [5.74, 6) is 0.00775. The summed E-state index contributed by atoms with van der Waals surface area (Å²) in [5.41, 5.74) is 2.20. The summed E-state index contributed by atoms with van der Waals surface area (Å²) in [6.07, 6.45) is 0. The highest BCUT2D eigenvalue weighted by Crippen LogP contribution is 2.20. The molecule has 3 rings (SSSR count). The highest BCUT2D eigenvalue weighted by molar-refractivity contribution is 5.30. The predicted molar refractivity (Wildman–Crippen MR) is 71.6 cm³/mol. The summed E-state index contributed by atoms with van der Waals surface area (Å²) < 4.78 is 14.2. The Labute approximate surface area is 114 Å². The number of piperazine rings is 1. The molecule has 1 fully saturated rings. The molecule has 1 aromatic carbocycles. The number of hydrogen-bond donors (Lipinski definition) is 3. The fourth-order valence-corrected chi connectivity index (χ4v) is 3.67. The fraction of sp³-hybridized carbons (Fsp3) is 0.600. The third-order valence-electron chi connectivity index (χ3n) is 4.85. The fourth-order valence-electron chi connectivity index (χ4n) is 3.67. The van der Waals surface area contributed by atoms with Crippen molar-refractivity contribution >= 4 is 0 Å². The van der Waals surface area contributed by atoms with Crippen molar-refractivity contribution in [3.8, 4) is 0 Å². The molecule has 2 aliphatic heterocycles. The molecule has 0 radical (unpaired) electrons. The number of quaternary nitrogens is 3. The van der Waals surface area contributed by atoms with Crippen molar-refractivity contribution in [2.75, 3.05) is 39.3 Å². The van der Waals surface area contributed by atoms with Crippen LogP contribution in [0.25, 0.3) is 0 Å². The molecule has 104 valence electrons. The van der Waals surface area contributed by atoms with Crippen molar-refractivity contribution in [1.82, 2.24) is 0 Å². The maximum atomic E-state index is 14.2. The van der Waals surface area contributed by atoms with Gasteiger partial charge in [-0.1, -0.05) is 12.1 Å². The first-order valence-corrected chi connectivity index (χ1v) is 7.56. The van der Waals surface area contributed by atoms with Gasteiger partial charge < -0.3 is 15.1 Å². The van der Waals surface area contributed by atoms with E-state index in [-0.39, 0.29) is 5.82 Å². The molecule has 3 nitrogen and oxygen atoms in total. The normalized spacial score (nSPS) is 30.9. The summed E-state index contributed by atoms with van der Waals surface area (Å²) in [6, 6.07) is 5.92. The van der Waals surface area contributed by atoms with Gasteiger partial charge in [-0.3, -0.25) is 0 Å². The monoisotopic (exact) mass is 266 g/mol. The van der Waals surface area contributed by atoms with Crippen LogP contribution >= 0.6 is 0 Å². The quantitative estimate of drug-likeness (QED) is 0.539. The summed E-state index contributed by atoms with van der Waals surface area (Å²) in [7, 11) is 0. The van der Waals surface area contributed by atoms with Gasteiger partial charge in [0, 0.05) is 5.56 Å². The Morgan fingerprint density at radius 1 is 1.26 bits per heavy atom. The van der Waals surface area contributed by atoms with Gasteiger partial charge in [-0.2, -0.15) is 0 Å². The van der Waals surface area contributed by atoms with Crippen LogP contribution in [-0.2, 0) is 6.54 Å². The van der Waals surface area contributed by atoms with Crippen LogP contribution in [-0.4, -0.2) is 39.3 Å². The van der Waals surface area contributed by atoms with Crippen LogP contribution in [0.1, 0.15) is 24.1 Å². The molecule has 0 spiro atoms. The lowest BCUT2D eigenvalue weighted by molar-refractivity contribution is -1.03. The molecule has 1 saturated heterocycles. The summed E-state index contributed by atoms with van der Waals surface area (Å²) in [4.78, 5) is 3.27. The molecule has 0 amide bonds. The maximum absolute atomic E-state index is 14.2. The average molecular weight is 266 g/mol. The lowest BCUT2D eigenvalue weighted by Crippen LogP contribution is -3.28. The molecule has 2 aliphatic rings. The molecule has 2 heterocycles. The minimum Gasteiger partial charge on any atom is -0.337 e. The molecule has 19 heavy (non-hydrogen) atoms. The van der Waals surface area contributed by atoms with E-state index < -0.39 is 0 Å². The molecule has 1 aromatic rings. The lowest BCUT2D eigenvalue weighted by atomic mass is 9.94. The van der Waals surface area contributed by atoms with E-state index in [4.69, 9.17) is 0 Å². The Hall–Kier alpha value is -0.970. The molecule has 0 unspecified atom stereocenters. The molecular formula is C15H25FN3+3. The lowest BCUT2D eigenvalue weighted by Gasteiger charge is -2.35. The Morgan fingerprint density at radius 3 is 2.79 bits per heavy atom. The zero-order valence-electron chi connectivity index (χ0n) is 11.7. The van der Waals surface area contributed by atoms with Crippen LogP contribution in [0, 0.1) is 5.82 Å². The second-order valence-electron chi connectivity index (χ2n) is 5.86. The summed E-state index contributed by atoms with van der Waals surface area (Å²) in [6.45, 7) is 10.2. The smallest absolute Gasteiger partial charge is 0.166 e. The number of likely N-dealkylation sites (N-methyl/N-ethyl adjacent to an activating group) is 1. The summed E-state index contributed by atoms with van der Waals surface area (Å²) in [5, 5.41) is 2.33. The summed E-state index contributed by atoms with van der Waals surface area (Å²) >= 11 is 0. The van der Waals surface area contributed by atoms with E-state index >= 15 is 0 Å². The van der Waals surface area contributed by atoms with Gasteiger partial charge in [-0.25, -0.2) is 4.39 Å². The standard InChI is InChI=1S/C15H22FN3/c1-2-18-6-8-19(9-7-18)14-11-17-10-12-4-3-5-13(16)15(12)14/h3-5,14,17H,2,6-11H2,1H3/p+3/t14-/m1/s1. The number of fused-ring (bicyclic) bond motifs is 1. The molecular weight excluding hydrogens is 241 g/mol. The minimum atomic E-state index is 0.00775. The van der Waals surface area contributed by atoms with Gasteiger partial charge in [0.25, 0.3) is 0 Å². The van der Waals surface area contributed by atoms with Gasteiger partial charge in [-0.05, 0) is 13.0 Å². The van der Waals surface area contributed by atoms with Crippen LogP contribution in [0.3, 0.4) is 0 Å². The number of rotatable bonds is 2. The number of benzene rings is 1. The van der Waals surface area contributed by atoms with E-state index in [0.717, 1.165) is 18.7 Å². The minimum absolute atomic E-state index is 0.00775. The van der Waals surface area contributed by atoms with E-state index in [2.05, 4.69) is 18.3 Å². The van der Waals surface area contributed by atoms with Crippen molar-refractivity contribution in [2.45, 2.75) is 19.5 Å². The van der Waals surface area contributed by atoms with Gasteiger partial charge >= 0.3 is 0 Å². The predicted octanol–water partition coefficient (Wildman–Crippen LogP) is -2.25. The topological polar surface area (TPSA) is 25.5 Å². The number of nitrogens with two attached hydrogens (primary N) is 1. The first-order valence-electron chi connectivity index (χ1n) is 7.56. The van der Waals surface area contributed by atoms with Crippen molar-refractivity contribution < 1.29 is 19.5 Å². The van der Waals surface area contributed by atoms with Crippen molar-refractivity contribution in [3.63, 3.8) is 0 Å². The van der Waals surface area contributed by atoms with Crippen LogP contribution in [0.4, 0.5) is 4.39 Å². The Balaban J connectivity index is 1.80. The molecule has 4 N–H and O–H groups in total. The Morgan fingerprint density at radius 2 is 2.05 bits per heavy atom. The maximum Gasteiger partial charge on any atom is 0.166 e. The molecule has 4 heteroatoms. The zero-order valence-corrected chi connectivity index (χ0v) is 11.7. The van der Waals surface area contributed by atoms with E-state index in [0.29, 0.717) is 6.04 Å². The van der Waals surface area contributed by atoms with Gasteiger partial charge in [0.2, 0.25) is 0 Å². The number of halogens is 1. The van der Waals surface area contributed by atoms with Crippen molar-refractivity contribution in [1.29, 1.82) is 0 Å². The van der Waals surface area contributed by atoms with Crippen LogP contribution < -0.4 is 15.1 Å². The van der Waals surface area contributed by atoms with Gasteiger partial charge in [0.1, 0.15) is 45.1 Å².